The van der Waals surface area contributed by atoms with E-state index in [1.54, 1.807) is 22.5 Å². The quantitative estimate of drug-likeness (QED) is 0.550. The third kappa shape index (κ3) is 4.14. The van der Waals surface area contributed by atoms with Gasteiger partial charge in [0.1, 0.15) is 17.3 Å². The van der Waals surface area contributed by atoms with Crippen LogP contribution in [-0.2, 0) is 10.0 Å². The van der Waals surface area contributed by atoms with Crippen LogP contribution in [0.25, 0.3) is 0 Å². The molecule has 0 saturated carbocycles. The molecule has 170 valence electrons. The van der Waals surface area contributed by atoms with Crippen molar-refractivity contribution in [3.05, 3.63) is 82.9 Å². The summed E-state index contributed by atoms with van der Waals surface area (Å²) >= 11 is 0. The molecule has 3 aromatic carbocycles. The highest BCUT2D eigenvalue weighted by Crippen LogP contribution is 2.39. The number of fused-ring (bicyclic) bond motifs is 2. The molecule has 2 heterocycles. The highest BCUT2D eigenvalue weighted by atomic mass is 32.2. The zero-order valence-electron chi connectivity index (χ0n) is 19.1. The molecule has 0 aromatic heterocycles. The Morgan fingerprint density at radius 2 is 1.48 bits per heavy atom. The molecule has 2 aliphatic rings. The van der Waals surface area contributed by atoms with Gasteiger partial charge in [0.05, 0.1) is 10.5 Å². The van der Waals surface area contributed by atoms with Crippen molar-refractivity contribution in [3.63, 3.8) is 0 Å². The largest absolute Gasteiger partial charge is 0.454 e. The number of hydrogen-bond acceptors (Lipinski definition) is 5. The average molecular weight is 462 g/mol. The number of ether oxygens (including phenoxy) is 1. The number of aryl methyl sites for hydroxylation is 3. The molecule has 0 bridgehead atoms. The van der Waals surface area contributed by atoms with E-state index in [0.717, 1.165) is 45.3 Å². The Bertz CT molecular complexity index is 1360. The third-order valence-electron chi connectivity index (χ3n) is 6.10. The first-order valence-electron chi connectivity index (χ1n) is 11.1. The van der Waals surface area contributed by atoms with E-state index in [-0.39, 0.29) is 0 Å². The summed E-state index contributed by atoms with van der Waals surface area (Å²) in [5.74, 6) is 2.32. The van der Waals surface area contributed by atoms with Crippen molar-refractivity contribution >= 4 is 21.5 Å². The minimum Gasteiger partial charge on any atom is -0.454 e. The van der Waals surface area contributed by atoms with Crippen molar-refractivity contribution in [2.45, 2.75) is 25.7 Å². The number of aliphatic imine (C=N–C) groups is 1. The van der Waals surface area contributed by atoms with Crippen LogP contribution in [0.2, 0.25) is 0 Å². The molecule has 0 amide bonds. The van der Waals surface area contributed by atoms with Gasteiger partial charge in [0.15, 0.2) is 5.75 Å². The number of benzene rings is 3. The lowest BCUT2D eigenvalue weighted by Crippen LogP contribution is -2.50. The number of hydrogen-bond donors (Lipinski definition) is 0. The first-order chi connectivity index (χ1) is 15.8. The van der Waals surface area contributed by atoms with E-state index < -0.39 is 10.0 Å². The standard InChI is InChI=1S/C26H27N3O3S/c1-18-5-4-6-21(15-18)33(30,31)29-13-11-28(12-14-29)26-22-16-19(2)8-10-24(22)32-25-17-20(3)7-9-23(25)27-26/h4-10,15-17H,11-14H2,1-3H3. The van der Waals surface area contributed by atoms with E-state index in [4.69, 9.17) is 9.73 Å². The van der Waals surface area contributed by atoms with Crippen LogP contribution in [0.15, 0.2) is 70.6 Å². The Kier molecular flexibility index (Phi) is 5.46. The minimum atomic E-state index is -3.52. The second kappa shape index (κ2) is 8.32. The fourth-order valence-corrected chi connectivity index (χ4v) is 5.83. The Morgan fingerprint density at radius 1 is 0.788 bits per heavy atom. The van der Waals surface area contributed by atoms with Crippen molar-refractivity contribution in [2.75, 3.05) is 26.2 Å². The molecular weight excluding hydrogens is 434 g/mol. The Labute approximate surface area is 195 Å². The summed E-state index contributed by atoms with van der Waals surface area (Å²) in [6.45, 7) is 7.89. The van der Waals surface area contributed by atoms with E-state index in [1.165, 1.54) is 0 Å². The fraction of sp³-hybridized carbons (Fsp3) is 0.269. The van der Waals surface area contributed by atoms with E-state index >= 15 is 0 Å². The predicted octanol–water partition coefficient (Wildman–Crippen LogP) is 4.80. The van der Waals surface area contributed by atoms with Gasteiger partial charge in [-0.3, -0.25) is 0 Å². The second-order valence-corrected chi connectivity index (χ2v) is 10.7. The van der Waals surface area contributed by atoms with Crippen LogP contribution in [0.4, 0.5) is 5.69 Å². The normalized spacial score (nSPS) is 16.3. The van der Waals surface area contributed by atoms with Crippen molar-refractivity contribution in [1.29, 1.82) is 0 Å². The van der Waals surface area contributed by atoms with E-state index in [9.17, 15) is 8.42 Å². The second-order valence-electron chi connectivity index (χ2n) is 8.72. The third-order valence-corrected chi connectivity index (χ3v) is 8.00. The Hall–Kier alpha value is -3.16. The first kappa shape index (κ1) is 21.7. The predicted molar refractivity (Wildman–Crippen MR) is 130 cm³/mol. The maximum atomic E-state index is 13.2. The van der Waals surface area contributed by atoms with E-state index in [2.05, 4.69) is 11.0 Å². The number of amidine groups is 1. The summed E-state index contributed by atoms with van der Waals surface area (Å²) in [4.78, 5) is 7.51. The molecule has 7 heteroatoms. The lowest BCUT2D eigenvalue weighted by Gasteiger charge is -2.36. The molecule has 2 aliphatic heterocycles. The van der Waals surface area contributed by atoms with Gasteiger partial charge in [-0.05, 0) is 68.3 Å². The molecule has 5 rings (SSSR count). The average Bonchev–Trinajstić information content (AvgIpc) is 2.95. The molecule has 0 unspecified atom stereocenters. The van der Waals surface area contributed by atoms with E-state index in [1.807, 2.05) is 57.2 Å². The lowest BCUT2D eigenvalue weighted by molar-refractivity contribution is 0.266. The lowest BCUT2D eigenvalue weighted by atomic mass is 10.1. The topological polar surface area (TPSA) is 62.2 Å². The van der Waals surface area contributed by atoms with Gasteiger partial charge in [0.25, 0.3) is 0 Å². The summed E-state index contributed by atoms with van der Waals surface area (Å²) in [6, 6.07) is 19.2. The zero-order valence-corrected chi connectivity index (χ0v) is 19.9. The molecule has 0 atom stereocenters. The Morgan fingerprint density at radius 3 is 2.24 bits per heavy atom. The van der Waals surface area contributed by atoms with Crippen LogP contribution < -0.4 is 4.74 Å². The smallest absolute Gasteiger partial charge is 0.243 e. The van der Waals surface area contributed by atoms with Gasteiger partial charge in [-0.25, -0.2) is 13.4 Å². The maximum Gasteiger partial charge on any atom is 0.243 e. The summed E-state index contributed by atoms with van der Waals surface area (Å²) in [6.07, 6.45) is 0. The van der Waals surface area contributed by atoms with Gasteiger partial charge in [-0.15, -0.1) is 0 Å². The van der Waals surface area contributed by atoms with Crippen molar-refractivity contribution in [2.24, 2.45) is 4.99 Å². The van der Waals surface area contributed by atoms with Gasteiger partial charge in [-0.2, -0.15) is 4.31 Å². The van der Waals surface area contributed by atoms with Crippen LogP contribution >= 0.6 is 0 Å². The molecule has 1 fully saturated rings. The fourth-order valence-electron chi connectivity index (χ4n) is 4.30. The molecule has 0 aliphatic carbocycles. The zero-order chi connectivity index (χ0) is 23.2. The van der Waals surface area contributed by atoms with E-state index in [0.29, 0.717) is 31.1 Å². The maximum absolute atomic E-state index is 13.2. The van der Waals surface area contributed by atoms with Crippen molar-refractivity contribution in [3.8, 4) is 11.5 Å². The highest BCUT2D eigenvalue weighted by Gasteiger charge is 2.31. The van der Waals surface area contributed by atoms with Crippen LogP contribution in [0, 0.1) is 20.8 Å². The number of nitrogens with zero attached hydrogens (tertiary/aromatic N) is 3. The molecule has 33 heavy (non-hydrogen) atoms. The molecule has 3 aromatic rings. The monoisotopic (exact) mass is 461 g/mol. The first-order valence-corrected chi connectivity index (χ1v) is 12.6. The molecule has 1 saturated heterocycles. The Balaban J connectivity index is 1.46. The highest BCUT2D eigenvalue weighted by molar-refractivity contribution is 7.89. The molecule has 6 nitrogen and oxygen atoms in total. The summed E-state index contributed by atoms with van der Waals surface area (Å²) < 4.78 is 34.2. The van der Waals surface area contributed by atoms with Gasteiger partial charge >= 0.3 is 0 Å². The molecule has 0 N–H and O–H groups in total. The number of rotatable bonds is 2. The molecule has 0 radical (unpaired) electrons. The number of sulfonamides is 1. The molecule has 0 spiro atoms. The summed E-state index contributed by atoms with van der Waals surface area (Å²) in [5, 5.41) is 0. The van der Waals surface area contributed by atoms with Crippen LogP contribution in [-0.4, -0.2) is 49.6 Å². The van der Waals surface area contributed by atoms with Crippen LogP contribution in [0.3, 0.4) is 0 Å². The SMILES string of the molecule is Cc1cccc(S(=O)(=O)N2CCN(C3=Nc4ccc(C)cc4Oc4ccc(C)cc43)CC2)c1. The summed E-state index contributed by atoms with van der Waals surface area (Å²) in [7, 11) is -3.52. The van der Waals surface area contributed by atoms with Gasteiger partial charge in [0, 0.05) is 26.2 Å². The van der Waals surface area contributed by atoms with Gasteiger partial charge < -0.3 is 9.64 Å². The van der Waals surface area contributed by atoms with Crippen molar-refractivity contribution in [1.82, 2.24) is 9.21 Å². The van der Waals surface area contributed by atoms with Crippen LogP contribution in [0.1, 0.15) is 22.3 Å². The number of piperazine rings is 1. The molecular formula is C26H27N3O3S. The van der Waals surface area contributed by atoms with Crippen LogP contribution in [0.5, 0.6) is 11.5 Å². The van der Waals surface area contributed by atoms with Crippen molar-refractivity contribution < 1.29 is 13.2 Å². The van der Waals surface area contributed by atoms with Gasteiger partial charge in [0.2, 0.25) is 10.0 Å². The minimum absolute atomic E-state index is 0.349. The summed E-state index contributed by atoms with van der Waals surface area (Å²) in [5.41, 5.74) is 4.87. The van der Waals surface area contributed by atoms with Gasteiger partial charge in [-0.1, -0.05) is 29.8 Å².